The summed E-state index contributed by atoms with van der Waals surface area (Å²) in [5, 5.41) is 6.87. The SMILES string of the molecule is CC1CCCCN1c1cc(N2CCOCC2)nc(NC(=S)NCc2ccc(-c3ccccc3)o2)n1. The molecule has 0 aliphatic carbocycles. The maximum absolute atomic E-state index is 5.97. The fourth-order valence-electron chi connectivity index (χ4n) is 4.56. The van der Waals surface area contributed by atoms with Crippen molar-refractivity contribution < 1.29 is 9.15 Å². The molecule has 8 nitrogen and oxygen atoms in total. The molecular weight excluding hydrogens is 460 g/mol. The fraction of sp³-hybridized carbons (Fsp3) is 0.423. The summed E-state index contributed by atoms with van der Waals surface area (Å²) in [5.74, 6) is 3.99. The van der Waals surface area contributed by atoms with Crippen molar-refractivity contribution in [1.82, 2.24) is 15.3 Å². The van der Waals surface area contributed by atoms with Gasteiger partial charge in [-0.2, -0.15) is 9.97 Å². The summed E-state index contributed by atoms with van der Waals surface area (Å²) in [7, 11) is 0. The molecule has 3 aromatic rings. The number of hydrogen-bond acceptors (Lipinski definition) is 7. The zero-order valence-electron chi connectivity index (χ0n) is 20.1. The Bertz CT molecular complexity index is 1130. The van der Waals surface area contributed by atoms with Crippen LogP contribution in [0.3, 0.4) is 0 Å². The summed E-state index contributed by atoms with van der Waals surface area (Å²) >= 11 is 5.57. The molecule has 2 aliphatic rings. The third-order valence-corrected chi connectivity index (χ3v) is 6.75. The minimum atomic E-state index is 0.451. The molecule has 4 heterocycles. The summed E-state index contributed by atoms with van der Waals surface area (Å²) in [6, 6.07) is 16.5. The van der Waals surface area contributed by atoms with Crippen molar-refractivity contribution in [1.29, 1.82) is 0 Å². The number of rotatable bonds is 6. The number of piperidine rings is 1. The van der Waals surface area contributed by atoms with Gasteiger partial charge in [-0.25, -0.2) is 0 Å². The molecule has 1 aromatic carbocycles. The van der Waals surface area contributed by atoms with E-state index < -0.39 is 0 Å². The van der Waals surface area contributed by atoms with Gasteiger partial charge in [0, 0.05) is 37.3 Å². The minimum Gasteiger partial charge on any atom is -0.459 e. The van der Waals surface area contributed by atoms with Gasteiger partial charge in [-0.3, -0.25) is 0 Å². The van der Waals surface area contributed by atoms with Gasteiger partial charge in [-0.1, -0.05) is 30.3 Å². The lowest BCUT2D eigenvalue weighted by atomic mass is 10.0. The van der Waals surface area contributed by atoms with E-state index in [1.807, 2.05) is 42.5 Å². The molecule has 2 aliphatic heterocycles. The van der Waals surface area contributed by atoms with Gasteiger partial charge in [0.2, 0.25) is 5.95 Å². The Morgan fingerprint density at radius 1 is 1.03 bits per heavy atom. The van der Waals surface area contributed by atoms with Gasteiger partial charge < -0.3 is 29.6 Å². The maximum atomic E-state index is 5.97. The first-order chi connectivity index (χ1) is 17.2. The highest BCUT2D eigenvalue weighted by molar-refractivity contribution is 7.80. The van der Waals surface area contributed by atoms with Crippen LogP contribution in [0.4, 0.5) is 17.6 Å². The Balaban J connectivity index is 1.28. The van der Waals surface area contributed by atoms with E-state index in [9.17, 15) is 0 Å². The van der Waals surface area contributed by atoms with E-state index in [1.165, 1.54) is 19.3 Å². The van der Waals surface area contributed by atoms with E-state index >= 15 is 0 Å². The Labute approximate surface area is 211 Å². The Hall–Kier alpha value is -3.17. The standard InChI is InChI=1S/C26H32N6O2S/c1-19-7-5-6-12-32(19)24-17-23(31-13-15-33-16-14-31)28-25(29-24)30-26(35)27-18-21-10-11-22(34-21)20-8-3-2-4-9-20/h2-4,8-11,17,19H,5-7,12-16,18H2,1H3,(H2,27,28,29,30,35). The van der Waals surface area contributed by atoms with Crippen LogP contribution in [0, 0.1) is 0 Å². The Morgan fingerprint density at radius 2 is 1.83 bits per heavy atom. The number of nitrogens with zero attached hydrogens (tertiary/aromatic N) is 4. The highest BCUT2D eigenvalue weighted by atomic mass is 32.1. The molecule has 0 amide bonds. The highest BCUT2D eigenvalue weighted by Crippen LogP contribution is 2.27. The number of aromatic nitrogens is 2. The second-order valence-electron chi connectivity index (χ2n) is 8.99. The largest absolute Gasteiger partial charge is 0.459 e. The molecular formula is C26H32N6O2S. The van der Waals surface area contributed by atoms with Crippen LogP contribution in [0.2, 0.25) is 0 Å². The van der Waals surface area contributed by atoms with Crippen LogP contribution < -0.4 is 20.4 Å². The third-order valence-electron chi connectivity index (χ3n) is 6.50. The molecule has 2 fully saturated rings. The molecule has 2 saturated heterocycles. The Kier molecular flexibility index (Phi) is 7.44. The Morgan fingerprint density at radius 3 is 2.63 bits per heavy atom. The van der Waals surface area contributed by atoms with Crippen molar-refractivity contribution in [3.8, 4) is 11.3 Å². The first kappa shape index (κ1) is 23.6. The van der Waals surface area contributed by atoms with Crippen molar-refractivity contribution in [2.24, 2.45) is 0 Å². The van der Waals surface area contributed by atoms with Crippen LogP contribution in [-0.4, -0.2) is 54.0 Å². The molecule has 2 N–H and O–H groups in total. The number of furan rings is 1. The normalized spacial score (nSPS) is 18.4. The molecule has 35 heavy (non-hydrogen) atoms. The molecule has 0 radical (unpaired) electrons. The van der Waals surface area contributed by atoms with Gasteiger partial charge in [-0.05, 0) is 50.5 Å². The lowest BCUT2D eigenvalue weighted by Gasteiger charge is -2.35. The first-order valence-electron chi connectivity index (χ1n) is 12.3. The van der Waals surface area contributed by atoms with Crippen molar-refractivity contribution in [2.45, 2.75) is 38.8 Å². The molecule has 0 bridgehead atoms. The number of anilines is 3. The number of hydrogen-bond donors (Lipinski definition) is 2. The predicted octanol–water partition coefficient (Wildman–Crippen LogP) is 4.44. The van der Waals surface area contributed by atoms with E-state index in [0.29, 0.717) is 36.9 Å². The number of nitrogens with one attached hydrogen (secondary N) is 2. The summed E-state index contributed by atoms with van der Waals surface area (Å²) in [4.78, 5) is 14.3. The average molecular weight is 493 g/mol. The summed E-state index contributed by atoms with van der Waals surface area (Å²) in [6.45, 7) is 6.78. The van der Waals surface area contributed by atoms with E-state index in [2.05, 4.69) is 33.4 Å². The van der Waals surface area contributed by atoms with Crippen LogP contribution >= 0.6 is 12.2 Å². The highest BCUT2D eigenvalue weighted by Gasteiger charge is 2.23. The van der Waals surface area contributed by atoms with E-state index in [0.717, 1.165) is 48.4 Å². The number of ether oxygens (including phenoxy) is 1. The monoisotopic (exact) mass is 492 g/mol. The molecule has 0 spiro atoms. The minimum absolute atomic E-state index is 0.451. The lowest BCUT2D eigenvalue weighted by Crippen LogP contribution is -2.40. The quantitative estimate of drug-likeness (QED) is 0.486. The zero-order valence-corrected chi connectivity index (χ0v) is 20.9. The topological polar surface area (TPSA) is 78.7 Å². The fourth-order valence-corrected chi connectivity index (χ4v) is 4.73. The van der Waals surface area contributed by atoms with E-state index in [1.54, 1.807) is 0 Å². The third kappa shape index (κ3) is 5.91. The molecule has 0 saturated carbocycles. The van der Waals surface area contributed by atoms with Crippen LogP contribution in [0.5, 0.6) is 0 Å². The number of thiocarbonyl (C=S) groups is 1. The van der Waals surface area contributed by atoms with Gasteiger partial charge in [0.05, 0.1) is 19.8 Å². The van der Waals surface area contributed by atoms with Crippen molar-refractivity contribution in [3.05, 3.63) is 54.3 Å². The molecule has 9 heteroatoms. The smallest absolute Gasteiger partial charge is 0.232 e. The molecule has 2 aromatic heterocycles. The van der Waals surface area contributed by atoms with Crippen molar-refractivity contribution in [2.75, 3.05) is 48.0 Å². The first-order valence-corrected chi connectivity index (χ1v) is 12.7. The summed E-state index contributed by atoms with van der Waals surface area (Å²) < 4.78 is 11.5. The summed E-state index contributed by atoms with van der Waals surface area (Å²) in [5.41, 5.74) is 1.05. The molecule has 5 rings (SSSR count). The van der Waals surface area contributed by atoms with Crippen LogP contribution in [0.1, 0.15) is 31.9 Å². The zero-order chi connectivity index (χ0) is 24.0. The van der Waals surface area contributed by atoms with Gasteiger partial charge >= 0.3 is 0 Å². The van der Waals surface area contributed by atoms with E-state index in [4.69, 9.17) is 31.3 Å². The van der Waals surface area contributed by atoms with Gasteiger partial charge in [-0.15, -0.1) is 0 Å². The molecule has 1 atom stereocenters. The number of morpholine rings is 1. The van der Waals surface area contributed by atoms with Crippen molar-refractivity contribution in [3.63, 3.8) is 0 Å². The predicted molar refractivity (Wildman–Crippen MR) is 143 cm³/mol. The van der Waals surface area contributed by atoms with Crippen LogP contribution in [0.25, 0.3) is 11.3 Å². The molecule has 184 valence electrons. The van der Waals surface area contributed by atoms with Gasteiger partial charge in [0.1, 0.15) is 23.2 Å². The van der Waals surface area contributed by atoms with E-state index in [-0.39, 0.29) is 0 Å². The second kappa shape index (κ2) is 11.0. The summed E-state index contributed by atoms with van der Waals surface area (Å²) in [6.07, 6.45) is 3.61. The number of benzene rings is 1. The van der Waals surface area contributed by atoms with Gasteiger partial charge in [0.25, 0.3) is 0 Å². The van der Waals surface area contributed by atoms with Crippen LogP contribution in [-0.2, 0) is 11.3 Å². The maximum Gasteiger partial charge on any atom is 0.232 e. The lowest BCUT2D eigenvalue weighted by molar-refractivity contribution is 0.122. The van der Waals surface area contributed by atoms with Crippen LogP contribution in [0.15, 0.2) is 52.9 Å². The second-order valence-corrected chi connectivity index (χ2v) is 9.39. The van der Waals surface area contributed by atoms with Gasteiger partial charge in [0.15, 0.2) is 5.11 Å². The molecule has 1 unspecified atom stereocenters. The van der Waals surface area contributed by atoms with Crippen molar-refractivity contribution >= 4 is 34.9 Å². The average Bonchev–Trinajstić information content (AvgIpc) is 3.38.